The first-order chi connectivity index (χ1) is 9.36. The zero-order valence-electron chi connectivity index (χ0n) is 12.4. The maximum absolute atomic E-state index is 11.1. The van der Waals surface area contributed by atoms with E-state index in [0.29, 0.717) is 0 Å². The Bertz CT molecular complexity index is 610. The maximum Gasteiger partial charge on any atom is 0.221 e. The van der Waals surface area contributed by atoms with Crippen molar-refractivity contribution in [3.05, 3.63) is 48.3 Å². The summed E-state index contributed by atoms with van der Waals surface area (Å²) in [6.45, 7) is 8.08. The lowest BCUT2D eigenvalue weighted by Crippen LogP contribution is -2.10. The molecule has 0 radical (unpaired) electrons. The Morgan fingerprint density at radius 1 is 1.05 bits per heavy atom. The lowest BCUT2D eigenvalue weighted by atomic mass is 9.86. The first-order valence-electron chi connectivity index (χ1n) is 6.70. The van der Waals surface area contributed by atoms with Crippen molar-refractivity contribution in [3.8, 4) is 11.1 Å². The summed E-state index contributed by atoms with van der Waals surface area (Å²) in [6, 6.07) is 10.4. The highest BCUT2D eigenvalue weighted by Gasteiger charge is 2.13. The predicted octanol–water partition coefficient (Wildman–Crippen LogP) is 4.00. The number of pyridine rings is 1. The molecule has 0 aliphatic carbocycles. The van der Waals surface area contributed by atoms with E-state index in [1.54, 1.807) is 12.4 Å². The minimum atomic E-state index is -0.0907. The van der Waals surface area contributed by atoms with Crippen LogP contribution in [0.25, 0.3) is 11.1 Å². The zero-order chi connectivity index (χ0) is 14.8. The van der Waals surface area contributed by atoms with Crippen LogP contribution in [0.1, 0.15) is 33.3 Å². The molecule has 104 valence electrons. The average molecular weight is 268 g/mol. The van der Waals surface area contributed by atoms with Crippen LogP contribution in [0.5, 0.6) is 0 Å². The molecule has 2 aromatic rings. The number of rotatable bonds is 2. The number of aromatic nitrogens is 1. The Balaban J connectivity index is 2.30. The number of nitrogens with zero attached hydrogens (tertiary/aromatic N) is 1. The van der Waals surface area contributed by atoms with E-state index in [1.165, 1.54) is 12.5 Å². The third-order valence-corrected chi connectivity index (χ3v) is 3.14. The molecule has 0 atom stereocenters. The van der Waals surface area contributed by atoms with Crippen molar-refractivity contribution in [2.75, 3.05) is 5.32 Å². The molecular formula is C17H20N2O. The van der Waals surface area contributed by atoms with Gasteiger partial charge in [0, 0.05) is 18.7 Å². The van der Waals surface area contributed by atoms with Gasteiger partial charge in [-0.3, -0.25) is 9.78 Å². The molecule has 0 saturated carbocycles. The van der Waals surface area contributed by atoms with E-state index >= 15 is 0 Å². The Hall–Kier alpha value is -2.16. The van der Waals surface area contributed by atoms with Gasteiger partial charge >= 0.3 is 0 Å². The van der Waals surface area contributed by atoms with Crippen LogP contribution in [0.15, 0.2) is 42.7 Å². The van der Waals surface area contributed by atoms with E-state index in [9.17, 15) is 4.79 Å². The molecule has 3 heteroatoms. The summed E-state index contributed by atoms with van der Waals surface area (Å²) in [6.07, 6.45) is 3.45. The molecule has 0 aliphatic rings. The van der Waals surface area contributed by atoms with Crippen molar-refractivity contribution < 1.29 is 4.79 Å². The summed E-state index contributed by atoms with van der Waals surface area (Å²) in [7, 11) is 0. The van der Waals surface area contributed by atoms with Gasteiger partial charge in [-0.15, -0.1) is 0 Å². The van der Waals surface area contributed by atoms with E-state index in [-0.39, 0.29) is 11.3 Å². The summed E-state index contributed by atoms with van der Waals surface area (Å²) in [5.74, 6) is -0.0907. The van der Waals surface area contributed by atoms with E-state index in [4.69, 9.17) is 0 Å². The van der Waals surface area contributed by atoms with Gasteiger partial charge in [0.2, 0.25) is 5.91 Å². The molecular weight excluding hydrogens is 248 g/mol. The van der Waals surface area contributed by atoms with Gasteiger partial charge in [0.15, 0.2) is 0 Å². The first kappa shape index (κ1) is 14.3. The first-order valence-corrected chi connectivity index (χ1v) is 6.70. The van der Waals surface area contributed by atoms with Crippen LogP contribution >= 0.6 is 0 Å². The number of carbonyl (C=O) groups is 1. The second-order valence-corrected chi connectivity index (χ2v) is 5.97. The van der Waals surface area contributed by atoms with E-state index < -0.39 is 0 Å². The molecule has 0 aliphatic heterocycles. The van der Waals surface area contributed by atoms with Gasteiger partial charge in [-0.25, -0.2) is 0 Å². The van der Waals surface area contributed by atoms with Crippen molar-refractivity contribution >= 4 is 11.6 Å². The second-order valence-electron chi connectivity index (χ2n) is 5.97. The fourth-order valence-corrected chi connectivity index (χ4v) is 2.03. The smallest absolute Gasteiger partial charge is 0.221 e. The van der Waals surface area contributed by atoms with Gasteiger partial charge in [-0.05, 0) is 22.6 Å². The van der Waals surface area contributed by atoms with Crippen molar-refractivity contribution in [1.82, 2.24) is 4.98 Å². The summed E-state index contributed by atoms with van der Waals surface area (Å²) in [4.78, 5) is 15.2. The van der Waals surface area contributed by atoms with E-state index in [2.05, 4.69) is 55.3 Å². The molecule has 0 fully saturated rings. The van der Waals surface area contributed by atoms with Crippen LogP contribution in [0, 0.1) is 0 Å². The highest BCUT2D eigenvalue weighted by Crippen LogP contribution is 2.26. The molecule has 0 unspecified atom stereocenters. The predicted molar refractivity (Wildman–Crippen MR) is 82.7 cm³/mol. The Morgan fingerprint density at radius 2 is 1.70 bits per heavy atom. The molecule has 1 N–H and O–H groups in total. The molecule has 0 bridgehead atoms. The summed E-state index contributed by atoms with van der Waals surface area (Å²) in [5.41, 5.74) is 4.26. The molecule has 0 saturated heterocycles. The normalized spacial score (nSPS) is 11.2. The molecule has 2 rings (SSSR count). The van der Waals surface area contributed by atoms with Crippen LogP contribution in [0.4, 0.5) is 5.69 Å². The number of amides is 1. The monoisotopic (exact) mass is 268 g/mol. The second kappa shape index (κ2) is 5.45. The number of anilines is 1. The Kier molecular flexibility index (Phi) is 3.89. The zero-order valence-corrected chi connectivity index (χ0v) is 12.4. The molecule has 0 spiro atoms. The fourth-order valence-electron chi connectivity index (χ4n) is 2.03. The third-order valence-electron chi connectivity index (χ3n) is 3.14. The molecule has 1 heterocycles. The van der Waals surface area contributed by atoms with Gasteiger partial charge < -0.3 is 5.32 Å². The topological polar surface area (TPSA) is 42.0 Å². The summed E-state index contributed by atoms with van der Waals surface area (Å²) >= 11 is 0. The van der Waals surface area contributed by atoms with Gasteiger partial charge in [0.1, 0.15) is 0 Å². The van der Waals surface area contributed by atoms with Crippen LogP contribution in [0.2, 0.25) is 0 Å². The average Bonchev–Trinajstić information content (AvgIpc) is 2.37. The summed E-state index contributed by atoms with van der Waals surface area (Å²) < 4.78 is 0. The lowest BCUT2D eigenvalue weighted by molar-refractivity contribution is -0.114. The SMILES string of the molecule is CC(=O)Nc1cncc(-c2ccc(C(C)(C)C)cc2)c1. The highest BCUT2D eigenvalue weighted by molar-refractivity contribution is 5.89. The van der Waals surface area contributed by atoms with Crippen molar-refractivity contribution in [1.29, 1.82) is 0 Å². The minimum absolute atomic E-state index is 0.0907. The molecule has 1 amide bonds. The minimum Gasteiger partial charge on any atom is -0.325 e. The van der Waals surface area contributed by atoms with E-state index in [0.717, 1.165) is 16.8 Å². The third kappa shape index (κ3) is 3.44. The standard InChI is InChI=1S/C17H20N2O/c1-12(20)19-16-9-14(10-18-11-16)13-5-7-15(8-6-13)17(2,3)4/h5-11H,1-4H3,(H,19,20). The van der Waals surface area contributed by atoms with Crippen LogP contribution < -0.4 is 5.32 Å². The lowest BCUT2D eigenvalue weighted by Gasteiger charge is -2.19. The quantitative estimate of drug-likeness (QED) is 0.894. The number of carbonyl (C=O) groups excluding carboxylic acids is 1. The Morgan fingerprint density at radius 3 is 2.25 bits per heavy atom. The van der Waals surface area contributed by atoms with Crippen LogP contribution in [-0.2, 0) is 10.2 Å². The molecule has 3 nitrogen and oxygen atoms in total. The molecule has 1 aromatic heterocycles. The van der Waals surface area contributed by atoms with Crippen molar-refractivity contribution in [3.63, 3.8) is 0 Å². The van der Waals surface area contributed by atoms with Gasteiger partial charge in [0.05, 0.1) is 11.9 Å². The Labute approximate surface area is 120 Å². The fraction of sp³-hybridized carbons (Fsp3) is 0.294. The van der Waals surface area contributed by atoms with E-state index in [1.807, 2.05) is 6.07 Å². The van der Waals surface area contributed by atoms with Crippen molar-refractivity contribution in [2.24, 2.45) is 0 Å². The molecule has 20 heavy (non-hydrogen) atoms. The van der Waals surface area contributed by atoms with Crippen molar-refractivity contribution in [2.45, 2.75) is 33.1 Å². The number of hydrogen-bond acceptors (Lipinski definition) is 2. The number of hydrogen-bond donors (Lipinski definition) is 1. The largest absolute Gasteiger partial charge is 0.325 e. The summed E-state index contributed by atoms with van der Waals surface area (Å²) in [5, 5.41) is 2.75. The molecule has 1 aromatic carbocycles. The van der Waals surface area contributed by atoms with Gasteiger partial charge in [-0.2, -0.15) is 0 Å². The van der Waals surface area contributed by atoms with Gasteiger partial charge in [0.25, 0.3) is 0 Å². The van der Waals surface area contributed by atoms with Crippen LogP contribution in [-0.4, -0.2) is 10.9 Å². The number of benzene rings is 1. The highest BCUT2D eigenvalue weighted by atomic mass is 16.1. The number of nitrogens with one attached hydrogen (secondary N) is 1. The maximum atomic E-state index is 11.1. The van der Waals surface area contributed by atoms with Crippen LogP contribution in [0.3, 0.4) is 0 Å². The van der Waals surface area contributed by atoms with Gasteiger partial charge in [-0.1, -0.05) is 45.0 Å².